The second-order valence-corrected chi connectivity index (χ2v) is 5.60. The van der Waals surface area contributed by atoms with Crippen molar-refractivity contribution in [3.05, 3.63) is 42.7 Å². The molecule has 0 unspecified atom stereocenters. The van der Waals surface area contributed by atoms with Gasteiger partial charge in [-0.2, -0.15) is 0 Å². The molecule has 3 rings (SSSR count). The van der Waals surface area contributed by atoms with Gasteiger partial charge in [-0.25, -0.2) is 4.98 Å². The van der Waals surface area contributed by atoms with Crippen LogP contribution in [0.3, 0.4) is 0 Å². The lowest BCUT2D eigenvalue weighted by Crippen LogP contribution is -2.33. The normalized spacial score (nSPS) is 16.4. The van der Waals surface area contributed by atoms with Gasteiger partial charge in [-0.1, -0.05) is 49.6 Å². The number of aromatic nitrogens is 2. The Kier molecular flexibility index (Phi) is 4.49. The van der Waals surface area contributed by atoms with Crippen LogP contribution >= 0.6 is 0 Å². The number of rotatable bonds is 5. The number of hydrogen-bond acceptors (Lipinski definition) is 2. The molecular weight excluding hydrogens is 246 g/mol. The number of hydrogen-bond donors (Lipinski definition) is 1. The third-order valence-electron chi connectivity index (χ3n) is 4.14. The summed E-state index contributed by atoms with van der Waals surface area (Å²) in [6, 6.07) is 11.1. The summed E-state index contributed by atoms with van der Waals surface area (Å²) in [5.74, 6) is 1.07. The lowest BCUT2D eigenvalue weighted by Gasteiger charge is -2.23. The van der Waals surface area contributed by atoms with Gasteiger partial charge in [0.2, 0.25) is 0 Å². The molecule has 106 valence electrons. The van der Waals surface area contributed by atoms with Crippen molar-refractivity contribution in [3.63, 3.8) is 0 Å². The largest absolute Gasteiger partial charge is 0.330 e. The van der Waals surface area contributed by atoms with Crippen molar-refractivity contribution in [3.8, 4) is 11.4 Å². The maximum absolute atomic E-state index is 4.49. The zero-order valence-electron chi connectivity index (χ0n) is 12.0. The summed E-state index contributed by atoms with van der Waals surface area (Å²) in [5, 5.41) is 3.69. The first-order valence-electron chi connectivity index (χ1n) is 7.73. The van der Waals surface area contributed by atoms with E-state index < -0.39 is 0 Å². The van der Waals surface area contributed by atoms with E-state index in [0.29, 0.717) is 0 Å². The highest BCUT2D eigenvalue weighted by molar-refractivity contribution is 5.55. The van der Waals surface area contributed by atoms with Crippen LogP contribution in [-0.2, 0) is 6.54 Å². The van der Waals surface area contributed by atoms with Crippen LogP contribution in [0.5, 0.6) is 0 Å². The Hall–Kier alpha value is -1.61. The quantitative estimate of drug-likeness (QED) is 0.900. The van der Waals surface area contributed by atoms with Crippen LogP contribution in [-0.4, -0.2) is 22.1 Å². The van der Waals surface area contributed by atoms with E-state index in [1.54, 1.807) is 0 Å². The molecule has 1 heterocycles. The summed E-state index contributed by atoms with van der Waals surface area (Å²) in [5.41, 5.74) is 1.19. The lowest BCUT2D eigenvalue weighted by atomic mass is 9.95. The van der Waals surface area contributed by atoms with Crippen molar-refractivity contribution < 1.29 is 0 Å². The molecule has 1 aliphatic carbocycles. The Bertz CT molecular complexity index is 512. The minimum Gasteiger partial charge on any atom is -0.330 e. The van der Waals surface area contributed by atoms with Crippen molar-refractivity contribution >= 4 is 0 Å². The van der Waals surface area contributed by atoms with Crippen LogP contribution in [0.2, 0.25) is 0 Å². The van der Waals surface area contributed by atoms with Gasteiger partial charge >= 0.3 is 0 Å². The van der Waals surface area contributed by atoms with E-state index in [4.69, 9.17) is 0 Å². The molecule has 1 aliphatic rings. The SMILES string of the molecule is c1ccc(-c2nccn2CCNC2CCCCC2)cc1. The number of nitrogens with one attached hydrogen (secondary N) is 1. The van der Waals surface area contributed by atoms with Gasteiger partial charge in [0.25, 0.3) is 0 Å². The third kappa shape index (κ3) is 3.28. The molecule has 0 amide bonds. The Labute approximate surface area is 121 Å². The van der Waals surface area contributed by atoms with Crippen LogP contribution < -0.4 is 5.32 Å². The van der Waals surface area contributed by atoms with E-state index in [2.05, 4.69) is 45.3 Å². The molecule has 0 spiro atoms. The number of imidazole rings is 1. The first-order chi connectivity index (χ1) is 9.93. The summed E-state index contributed by atoms with van der Waals surface area (Å²) in [7, 11) is 0. The molecule has 1 aromatic carbocycles. The highest BCUT2D eigenvalue weighted by Gasteiger charge is 2.12. The Balaban J connectivity index is 1.57. The zero-order valence-corrected chi connectivity index (χ0v) is 12.0. The maximum Gasteiger partial charge on any atom is 0.139 e. The van der Waals surface area contributed by atoms with E-state index in [-0.39, 0.29) is 0 Å². The van der Waals surface area contributed by atoms with Gasteiger partial charge in [-0.15, -0.1) is 0 Å². The molecule has 3 nitrogen and oxygen atoms in total. The lowest BCUT2D eigenvalue weighted by molar-refractivity contribution is 0.368. The smallest absolute Gasteiger partial charge is 0.139 e. The second-order valence-electron chi connectivity index (χ2n) is 5.60. The molecule has 1 N–H and O–H groups in total. The van der Waals surface area contributed by atoms with Crippen molar-refractivity contribution in [1.29, 1.82) is 0 Å². The van der Waals surface area contributed by atoms with Crippen molar-refractivity contribution in [2.45, 2.75) is 44.7 Å². The number of nitrogens with zero attached hydrogens (tertiary/aromatic N) is 2. The molecule has 3 heteroatoms. The van der Waals surface area contributed by atoms with E-state index in [9.17, 15) is 0 Å². The van der Waals surface area contributed by atoms with Gasteiger partial charge in [0.1, 0.15) is 5.82 Å². The minimum absolute atomic E-state index is 0.729. The average molecular weight is 269 g/mol. The summed E-state index contributed by atoms with van der Waals surface area (Å²) in [4.78, 5) is 4.49. The summed E-state index contributed by atoms with van der Waals surface area (Å²) in [6.45, 7) is 2.02. The summed E-state index contributed by atoms with van der Waals surface area (Å²) in [6.07, 6.45) is 10.8. The molecule has 0 bridgehead atoms. The van der Waals surface area contributed by atoms with Gasteiger partial charge in [0.15, 0.2) is 0 Å². The zero-order chi connectivity index (χ0) is 13.6. The average Bonchev–Trinajstić information content (AvgIpc) is 2.98. The van der Waals surface area contributed by atoms with E-state index in [1.165, 1.54) is 37.7 Å². The van der Waals surface area contributed by atoms with Gasteiger partial charge in [0, 0.05) is 37.1 Å². The predicted molar refractivity (Wildman–Crippen MR) is 82.5 cm³/mol. The van der Waals surface area contributed by atoms with Crippen molar-refractivity contribution in [2.24, 2.45) is 0 Å². The maximum atomic E-state index is 4.49. The van der Waals surface area contributed by atoms with Crippen LogP contribution in [0.15, 0.2) is 42.7 Å². The Morgan fingerprint density at radius 1 is 1.10 bits per heavy atom. The summed E-state index contributed by atoms with van der Waals surface area (Å²) >= 11 is 0. The molecule has 0 atom stereocenters. The van der Waals surface area contributed by atoms with Gasteiger partial charge in [0.05, 0.1) is 0 Å². The van der Waals surface area contributed by atoms with E-state index in [0.717, 1.165) is 25.0 Å². The molecular formula is C17H23N3. The molecule has 1 fully saturated rings. The van der Waals surface area contributed by atoms with Crippen LogP contribution in [0, 0.1) is 0 Å². The monoisotopic (exact) mass is 269 g/mol. The van der Waals surface area contributed by atoms with E-state index in [1.807, 2.05) is 12.3 Å². The molecule has 0 aliphatic heterocycles. The van der Waals surface area contributed by atoms with Crippen molar-refractivity contribution in [1.82, 2.24) is 14.9 Å². The fraction of sp³-hybridized carbons (Fsp3) is 0.471. The molecule has 0 saturated heterocycles. The van der Waals surface area contributed by atoms with Crippen LogP contribution in [0.1, 0.15) is 32.1 Å². The van der Waals surface area contributed by atoms with Crippen LogP contribution in [0.25, 0.3) is 11.4 Å². The minimum atomic E-state index is 0.729. The predicted octanol–water partition coefficient (Wildman–Crippen LogP) is 3.47. The molecule has 2 aromatic rings. The first kappa shape index (κ1) is 13.4. The second kappa shape index (κ2) is 6.71. The first-order valence-corrected chi connectivity index (χ1v) is 7.73. The standard InChI is InChI=1S/C17H23N3/c1-3-7-15(8-4-1)17-19-12-14-20(17)13-11-18-16-9-5-2-6-10-16/h1,3-4,7-8,12,14,16,18H,2,5-6,9-11,13H2. The van der Waals surface area contributed by atoms with Crippen LogP contribution in [0.4, 0.5) is 0 Å². The topological polar surface area (TPSA) is 29.9 Å². The fourth-order valence-corrected chi connectivity index (χ4v) is 3.03. The highest BCUT2D eigenvalue weighted by atomic mass is 15.1. The highest BCUT2D eigenvalue weighted by Crippen LogP contribution is 2.18. The van der Waals surface area contributed by atoms with Crippen molar-refractivity contribution in [2.75, 3.05) is 6.54 Å². The van der Waals surface area contributed by atoms with Gasteiger partial charge in [-0.05, 0) is 12.8 Å². The Morgan fingerprint density at radius 2 is 1.90 bits per heavy atom. The summed E-state index contributed by atoms with van der Waals surface area (Å²) < 4.78 is 2.24. The molecule has 0 radical (unpaired) electrons. The molecule has 20 heavy (non-hydrogen) atoms. The third-order valence-corrected chi connectivity index (χ3v) is 4.14. The van der Waals surface area contributed by atoms with Gasteiger partial charge in [-0.3, -0.25) is 0 Å². The van der Waals surface area contributed by atoms with E-state index >= 15 is 0 Å². The fourth-order valence-electron chi connectivity index (χ4n) is 3.03. The molecule has 1 aromatic heterocycles. The number of benzene rings is 1. The van der Waals surface area contributed by atoms with Gasteiger partial charge < -0.3 is 9.88 Å². The Morgan fingerprint density at radius 3 is 2.70 bits per heavy atom. The molecule has 1 saturated carbocycles.